The highest BCUT2D eigenvalue weighted by Gasteiger charge is 2.37. The van der Waals surface area contributed by atoms with Crippen LogP contribution in [-0.4, -0.2) is 49.1 Å². The van der Waals surface area contributed by atoms with Crippen LogP contribution in [0.3, 0.4) is 0 Å². The van der Waals surface area contributed by atoms with Crippen LogP contribution in [-0.2, 0) is 0 Å². The molecular formula is C13H16F2N2O4. The van der Waals surface area contributed by atoms with Gasteiger partial charge in [-0.3, -0.25) is 15.0 Å². The van der Waals surface area contributed by atoms with E-state index in [2.05, 4.69) is 0 Å². The number of hydrogen-bond acceptors (Lipinski definition) is 5. The van der Waals surface area contributed by atoms with Crippen LogP contribution in [0.4, 0.5) is 14.5 Å². The van der Waals surface area contributed by atoms with Gasteiger partial charge in [0, 0.05) is 25.6 Å². The second-order valence-electron chi connectivity index (χ2n) is 4.82. The summed E-state index contributed by atoms with van der Waals surface area (Å²) in [5, 5.41) is 10.7. The molecule has 1 heterocycles. The summed E-state index contributed by atoms with van der Waals surface area (Å²) < 4.78 is 36.5. The van der Waals surface area contributed by atoms with Crippen molar-refractivity contribution in [2.24, 2.45) is 0 Å². The Kier molecular flexibility index (Phi) is 4.56. The van der Waals surface area contributed by atoms with Gasteiger partial charge in [-0.15, -0.1) is 0 Å². The third-order valence-corrected chi connectivity index (χ3v) is 3.27. The summed E-state index contributed by atoms with van der Waals surface area (Å²) in [6.45, 7) is 0.668. The van der Waals surface area contributed by atoms with Crippen LogP contribution in [0, 0.1) is 10.1 Å². The highest BCUT2D eigenvalue weighted by molar-refractivity contribution is 5.48. The minimum atomic E-state index is -2.62. The number of non-ortho nitro benzene ring substituents is 1. The third-order valence-electron chi connectivity index (χ3n) is 3.27. The van der Waals surface area contributed by atoms with Gasteiger partial charge in [-0.2, -0.15) is 0 Å². The van der Waals surface area contributed by atoms with Crippen LogP contribution < -0.4 is 9.47 Å². The SMILES string of the molecule is COc1cc([N+](=O)[O-])ccc1OCCN1CCC(F)(F)C1. The molecular weight excluding hydrogens is 286 g/mol. The number of nitro groups is 1. The van der Waals surface area contributed by atoms with Crippen molar-refractivity contribution in [3.8, 4) is 11.5 Å². The summed E-state index contributed by atoms with van der Waals surface area (Å²) in [5.41, 5.74) is -0.0987. The predicted octanol–water partition coefficient (Wildman–Crippen LogP) is 2.32. The number of benzene rings is 1. The van der Waals surface area contributed by atoms with E-state index in [1.165, 1.54) is 25.3 Å². The van der Waals surface area contributed by atoms with E-state index < -0.39 is 10.8 Å². The van der Waals surface area contributed by atoms with Crippen LogP contribution in [0.25, 0.3) is 0 Å². The molecule has 8 heteroatoms. The van der Waals surface area contributed by atoms with Gasteiger partial charge >= 0.3 is 0 Å². The number of nitro benzene ring substituents is 1. The van der Waals surface area contributed by atoms with Crippen molar-refractivity contribution in [1.29, 1.82) is 0 Å². The van der Waals surface area contributed by atoms with Crippen LogP contribution in [0.5, 0.6) is 11.5 Å². The average molecular weight is 302 g/mol. The maximum atomic E-state index is 13.0. The molecule has 0 spiro atoms. The number of hydrogen-bond donors (Lipinski definition) is 0. The topological polar surface area (TPSA) is 64.8 Å². The Balaban J connectivity index is 1.90. The summed E-state index contributed by atoms with van der Waals surface area (Å²) in [6, 6.07) is 4.01. The molecule has 1 aliphatic heterocycles. The third kappa shape index (κ3) is 4.01. The van der Waals surface area contributed by atoms with E-state index >= 15 is 0 Å². The van der Waals surface area contributed by atoms with Gasteiger partial charge in [-0.1, -0.05) is 0 Å². The van der Waals surface area contributed by atoms with Crippen LogP contribution >= 0.6 is 0 Å². The summed E-state index contributed by atoms with van der Waals surface area (Å²) >= 11 is 0. The number of halogens is 2. The van der Waals surface area contributed by atoms with E-state index in [0.717, 1.165) is 0 Å². The first kappa shape index (κ1) is 15.4. The number of nitrogens with zero attached hydrogens (tertiary/aromatic N) is 2. The molecule has 1 aromatic carbocycles. The van der Waals surface area contributed by atoms with E-state index in [-0.39, 0.29) is 31.0 Å². The maximum Gasteiger partial charge on any atom is 0.273 e. The summed E-state index contributed by atoms with van der Waals surface area (Å²) in [4.78, 5) is 11.8. The van der Waals surface area contributed by atoms with Crippen molar-refractivity contribution >= 4 is 5.69 Å². The maximum absolute atomic E-state index is 13.0. The van der Waals surface area contributed by atoms with Crippen molar-refractivity contribution in [3.05, 3.63) is 28.3 Å². The number of methoxy groups -OCH3 is 1. The zero-order chi connectivity index (χ0) is 15.5. The molecule has 0 aromatic heterocycles. The molecule has 21 heavy (non-hydrogen) atoms. The Labute approximate surface area is 120 Å². The molecule has 1 saturated heterocycles. The Morgan fingerprint density at radius 2 is 2.19 bits per heavy atom. The van der Waals surface area contributed by atoms with Crippen LogP contribution in [0.15, 0.2) is 18.2 Å². The first-order valence-corrected chi connectivity index (χ1v) is 6.47. The normalized spacial score (nSPS) is 17.7. The van der Waals surface area contributed by atoms with E-state index in [9.17, 15) is 18.9 Å². The Morgan fingerprint density at radius 3 is 2.76 bits per heavy atom. The molecule has 0 bridgehead atoms. The molecule has 6 nitrogen and oxygen atoms in total. The lowest BCUT2D eigenvalue weighted by atomic mass is 10.3. The molecule has 0 atom stereocenters. The molecule has 1 aromatic rings. The van der Waals surface area contributed by atoms with Gasteiger partial charge in [0.15, 0.2) is 11.5 Å². The fourth-order valence-corrected chi connectivity index (χ4v) is 2.17. The predicted molar refractivity (Wildman–Crippen MR) is 71.1 cm³/mol. The molecule has 0 unspecified atom stereocenters. The van der Waals surface area contributed by atoms with Crippen LogP contribution in [0.1, 0.15) is 6.42 Å². The fourth-order valence-electron chi connectivity index (χ4n) is 2.17. The lowest BCUT2D eigenvalue weighted by Crippen LogP contribution is -2.29. The van der Waals surface area contributed by atoms with Crippen molar-refractivity contribution in [2.75, 3.05) is 33.4 Å². The second kappa shape index (κ2) is 6.21. The highest BCUT2D eigenvalue weighted by atomic mass is 19.3. The van der Waals surface area contributed by atoms with Gasteiger partial charge < -0.3 is 9.47 Å². The number of likely N-dealkylation sites (tertiary alicyclic amines) is 1. The standard InChI is InChI=1S/C13H16F2N2O4/c1-20-12-8-10(17(18)19)2-3-11(12)21-7-6-16-5-4-13(14,15)9-16/h2-3,8H,4-7,9H2,1H3. The first-order valence-electron chi connectivity index (χ1n) is 6.47. The Bertz CT molecular complexity index is 525. The van der Waals surface area contributed by atoms with Gasteiger partial charge in [0.2, 0.25) is 0 Å². The summed E-state index contributed by atoms with van der Waals surface area (Å²) in [7, 11) is 1.38. The summed E-state index contributed by atoms with van der Waals surface area (Å²) in [5.74, 6) is -2.02. The van der Waals surface area contributed by atoms with E-state index in [0.29, 0.717) is 18.8 Å². The van der Waals surface area contributed by atoms with Crippen molar-refractivity contribution < 1.29 is 23.2 Å². The van der Waals surface area contributed by atoms with E-state index in [1.54, 1.807) is 4.90 Å². The molecule has 0 amide bonds. The smallest absolute Gasteiger partial charge is 0.273 e. The lowest BCUT2D eigenvalue weighted by molar-refractivity contribution is -0.385. The van der Waals surface area contributed by atoms with Crippen molar-refractivity contribution in [2.45, 2.75) is 12.3 Å². The van der Waals surface area contributed by atoms with Gasteiger partial charge in [0.25, 0.3) is 11.6 Å². The van der Waals surface area contributed by atoms with Gasteiger partial charge in [-0.25, -0.2) is 8.78 Å². The molecule has 2 rings (SSSR count). The van der Waals surface area contributed by atoms with Gasteiger partial charge in [0.1, 0.15) is 6.61 Å². The number of ether oxygens (including phenoxy) is 2. The van der Waals surface area contributed by atoms with E-state index in [4.69, 9.17) is 9.47 Å². The zero-order valence-corrected chi connectivity index (χ0v) is 11.6. The minimum Gasteiger partial charge on any atom is -0.493 e. The molecule has 0 N–H and O–H groups in total. The molecule has 0 aliphatic carbocycles. The van der Waals surface area contributed by atoms with Gasteiger partial charge in [-0.05, 0) is 6.07 Å². The molecule has 116 valence electrons. The zero-order valence-electron chi connectivity index (χ0n) is 11.6. The molecule has 0 radical (unpaired) electrons. The monoisotopic (exact) mass is 302 g/mol. The molecule has 0 saturated carbocycles. The van der Waals surface area contributed by atoms with Crippen LogP contribution in [0.2, 0.25) is 0 Å². The van der Waals surface area contributed by atoms with E-state index in [1.807, 2.05) is 0 Å². The fraction of sp³-hybridized carbons (Fsp3) is 0.538. The lowest BCUT2D eigenvalue weighted by Gasteiger charge is -2.16. The van der Waals surface area contributed by atoms with Crippen molar-refractivity contribution in [3.63, 3.8) is 0 Å². The Morgan fingerprint density at radius 1 is 1.43 bits per heavy atom. The van der Waals surface area contributed by atoms with Gasteiger partial charge in [0.05, 0.1) is 24.6 Å². The minimum absolute atomic E-state index is 0.0987. The number of alkyl halides is 2. The quantitative estimate of drug-likeness (QED) is 0.596. The molecule has 1 fully saturated rings. The highest BCUT2D eigenvalue weighted by Crippen LogP contribution is 2.31. The molecule has 1 aliphatic rings. The van der Waals surface area contributed by atoms with Crippen molar-refractivity contribution in [1.82, 2.24) is 4.90 Å². The first-order chi connectivity index (χ1) is 9.91. The summed E-state index contributed by atoms with van der Waals surface area (Å²) in [6.07, 6.45) is -0.131. The average Bonchev–Trinajstić information content (AvgIpc) is 2.78. The number of rotatable bonds is 6. The Hall–Kier alpha value is -1.96. The largest absolute Gasteiger partial charge is 0.493 e. The second-order valence-corrected chi connectivity index (χ2v) is 4.82.